The third kappa shape index (κ3) is 4.40. The Balaban J connectivity index is 2.64. The molecule has 1 atom stereocenters. The van der Waals surface area contributed by atoms with Crippen molar-refractivity contribution in [3.63, 3.8) is 0 Å². The molecular weight excluding hydrogens is 228 g/mol. The van der Waals surface area contributed by atoms with Crippen LogP contribution in [0.15, 0.2) is 30.3 Å². The highest BCUT2D eigenvalue weighted by atomic mass is 16.3. The average molecular weight is 244 g/mol. The molecule has 0 aliphatic heterocycles. The summed E-state index contributed by atoms with van der Waals surface area (Å²) in [5.74, 6) is -0.233. The predicted octanol–water partition coefficient (Wildman–Crippen LogP) is 1.46. The number of hydrogen-bond acceptors (Lipinski definition) is 3. The van der Waals surface area contributed by atoms with Crippen LogP contribution in [0.25, 0.3) is 6.08 Å². The van der Waals surface area contributed by atoms with Crippen molar-refractivity contribution in [2.24, 2.45) is 0 Å². The maximum atomic E-state index is 11.5. The molecule has 0 saturated heterocycles. The smallest absolute Gasteiger partial charge is 0.244 e. The van der Waals surface area contributed by atoms with Gasteiger partial charge in [-0.3, -0.25) is 4.79 Å². The standard InChI is InChI=1S/C14H16N2O2/c1-11(8-9-17)16-14(18)7-6-12-4-2-3-5-13(12)10-15/h2-7,11,17H,8-9H2,1H3,(H,16,18)/b7-6+. The van der Waals surface area contributed by atoms with Crippen LogP contribution in [0.4, 0.5) is 0 Å². The molecule has 94 valence electrons. The zero-order chi connectivity index (χ0) is 13.4. The van der Waals surface area contributed by atoms with Crippen LogP contribution < -0.4 is 5.32 Å². The van der Waals surface area contributed by atoms with Gasteiger partial charge in [-0.1, -0.05) is 18.2 Å². The lowest BCUT2D eigenvalue weighted by atomic mass is 10.1. The van der Waals surface area contributed by atoms with Gasteiger partial charge in [-0.05, 0) is 31.1 Å². The van der Waals surface area contributed by atoms with E-state index in [1.807, 2.05) is 13.0 Å². The first kappa shape index (κ1) is 13.9. The van der Waals surface area contributed by atoms with Crippen molar-refractivity contribution >= 4 is 12.0 Å². The summed E-state index contributed by atoms with van der Waals surface area (Å²) in [6.07, 6.45) is 3.53. The van der Waals surface area contributed by atoms with Crippen molar-refractivity contribution in [2.45, 2.75) is 19.4 Å². The number of nitrogens with one attached hydrogen (secondary N) is 1. The zero-order valence-corrected chi connectivity index (χ0v) is 10.3. The number of aliphatic hydroxyl groups excluding tert-OH is 1. The molecule has 0 fully saturated rings. The molecule has 4 heteroatoms. The van der Waals surface area contributed by atoms with E-state index in [1.165, 1.54) is 6.08 Å². The molecule has 1 rings (SSSR count). The van der Waals surface area contributed by atoms with Crippen molar-refractivity contribution in [2.75, 3.05) is 6.61 Å². The highest BCUT2D eigenvalue weighted by molar-refractivity contribution is 5.92. The lowest BCUT2D eigenvalue weighted by Gasteiger charge is -2.09. The Labute approximate surface area is 107 Å². The quantitative estimate of drug-likeness (QED) is 0.770. The second-order valence-electron chi connectivity index (χ2n) is 3.95. The number of carbonyl (C=O) groups is 1. The molecule has 0 saturated carbocycles. The first-order valence-electron chi connectivity index (χ1n) is 5.76. The van der Waals surface area contributed by atoms with Gasteiger partial charge >= 0.3 is 0 Å². The van der Waals surface area contributed by atoms with E-state index in [4.69, 9.17) is 10.4 Å². The number of benzene rings is 1. The van der Waals surface area contributed by atoms with Gasteiger partial charge in [-0.2, -0.15) is 5.26 Å². The maximum absolute atomic E-state index is 11.5. The molecule has 1 unspecified atom stereocenters. The molecule has 18 heavy (non-hydrogen) atoms. The Morgan fingerprint density at radius 1 is 1.56 bits per heavy atom. The third-order valence-electron chi connectivity index (χ3n) is 2.45. The lowest BCUT2D eigenvalue weighted by molar-refractivity contribution is -0.117. The Bertz CT molecular complexity index is 475. The van der Waals surface area contributed by atoms with Crippen LogP contribution >= 0.6 is 0 Å². The summed E-state index contributed by atoms with van der Waals surface area (Å²) in [6, 6.07) is 9.06. The number of nitriles is 1. The minimum Gasteiger partial charge on any atom is -0.396 e. The SMILES string of the molecule is CC(CCO)NC(=O)/C=C/c1ccccc1C#N. The fourth-order valence-corrected chi connectivity index (χ4v) is 1.47. The summed E-state index contributed by atoms with van der Waals surface area (Å²) < 4.78 is 0. The summed E-state index contributed by atoms with van der Waals surface area (Å²) in [5, 5.41) is 20.3. The van der Waals surface area contributed by atoms with E-state index in [1.54, 1.807) is 24.3 Å². The van der Waals surface area contributed by atoms with Crippen LogP contribution in [-0.2, 0) is 4.79 Å². The monoisotopic (exact) mass is 244 g/mol. The normalized spacial score (nSPS) is 12.1. The summed E-state index contributed by atoms with van der Waals surface area (Å²) in [4.78, 5) is 11.5. The Kier molecular flexibility index (Phi) is 5.62. The molecule has 0 aromatic heterocycles. The number of rotatable bonds is 5. The van der Waals surface area contributed by atoms with Crippen LogP contribution in [0.1, 0.15) is 24.5 Å². The number of hydrogen-bond donors (Lipinski definition) is 2. The molecule has 0 bridgehead atoms. The summed E-state index contributed by atoms with van der Waals surface area (Å²) >= 11 is 0. The highest BCUT2D eigenvalue weighted by Gasteiger charge is 2.03. The molecule has 1 aromatic carbocycles. The topological polar surface area (TPSA) is 73.1 Å². The van der Waals surface area contributed by atoms with Gasteiger partial charge in [-0.25, -0.2) is 0 Å². The van der Waals surface area contributed by atoms with Gasteiger partial charge in [-0.15, -0.1) is 0 Å². The Hall–Kier alpha value is -2.12. The summed E-state index contributed by atoms with van der Waals surface area (Å²) in [7, 11) is 0. The summed E-state index contributed by atoms with van der Waals surface area (Å²) in [6.45, 7) is 1.87. The first-order valence-corrected chi connectivity index (χ1v) is 5.76. The van der Waals surface area contributed by atoms with E-state index in [-0.39, 0.29) is 18.6 Å². The molecule has 2 N–H and O–H groups in total. The van der Waals surface area contributed by atoms with Crippen molar-refractivity contribution in [3.8, 4) is 6.07 Å². The van der Waals surface area contributed by atoms with Crippen LogP contribution in [-0.4, -0.2) is 23.7 Å². The number of aliphatic hydroxyl groups is 1. The molecule has 1 aromatic rings. The second-order valence-corrected chi connectivity index (χ2v) is 3.95. The molecule has 0 heterocycles. The minimum atomic E-state index is -0.233. The molecule has 0 aliphatic rings. The van der Waals surface area contributed by atoms with Crippen molar-refractivity contribution in [3.05, 3.63) is 41.5 Å². The highest BCUT2D eigenvalue weighted by Crippen LogP contribution is 2.08. The van der Waals surface area contributed by atoms with Crippen molar-refractivity contribution in [1.82, 2.24) is 5.32 Å². The zero-order valence-electron chi connectivity index (χ0n) is 10.3. The molecule has 0 spiro atoms. The fourth-order valence-electron chi connectivity index (χ4n) is 1.47. The third-order valence-corrected chi connectivity index (χ3v) is 2.45. The predicted molar refractivity (Wildman–Crippen MR) is 69.5 cm³/mol. The van der Waals surface area contributed by atoms with Gasteiger partial charge in [0, 0.05) is 18.7 Å². The van der Waals surface area contributed by atoms with Crippen LogP contribution in [0, 0.1) is 11.3 Å². The minimum absolute atomic E-state index is 0.0441. The molecule has 0 radical (unpaired) electrons. The second kappa shape index (κ2) is 7.25. The number of amides is 1. The van der Waals surface area contributed by atoms with E-state index in [0.717, 1.165) is 0 Å². The van der Waals surface area contributed by atoms with Crippen LogP contribution in [0.3, 0.4) is 0 Å². The Morgan fingerprint density at radius 3 is 2.94 bits per heavy atom. The van der Waals surface area contributed by atoms with Gasteiger partial charge in [0.1, 0.15) is 0 Å². The molecule has 1 amide bonds. The maximum Gasteiger partial charge on any atom is 0.244 e. The molecule has 4 nitrogen and oxygen atoms in total. The summed E-state index contributed by atoms with van der Waals surface area (Å²) in [5.41, 5.74) is 1.25. The lowest BCUT2D eigenvalue weighted by Crippen LogP contribution is -2.31. The van der Waals surface area contributed by atoms with E-state index in [9.17, 15) is 4.79 Å². The van der Waals surface area contributed by atoms with Gasteiger partial charge in [0.05, 0.1) is 11.6 Å². The van der Waals surface area contributed by atoms with Crippen molar-refractivity contribution in [1.29, 1.82) is 5.26 Å². The van der Waals surface area contributed by atoms with Gasteiger partial charge in [0.2, 0.25) is 5.91 Å². The molecule has 0 aliphatic carbocycles. The van der Waals surface area contributed by atoms with E-state index >= 15 is 0 Å². The van der Waals surface area contributed by atoms with Crippen LogP contribution in [0.2, 0.25) is 0 Å². The number of carbonyl (C=O) groups excluding carboxylic acids is 1. The van der Waals surface area contributed by atoms with E-state index in [2.05, 4.69) is 11.4 Å². The van der Waals surface area contributed by atoms with Crippen molar-refractivity contribution < 1.29 is 9.90 Å². The number of nitrogens with zero attached hydrogens (tertiary/aromatic N) is 1. The van der Waals surface area contributed by atoms with Gasteiger partial charge < -0.3 is 10.4 Å². The Morgan fingerprint density at radius 2 is 2.28 bits per heavy atom. The molecular formula is C14H16N2O2. The van der Waals surface area contributed by atoms with Gasteiger partial charge in [0.15, 0.2) is 0 Å². The van der Waals surface area contributed by atoms with Crippen LogP contribution in [0.5, 0.6) is 0 Å². The largest absolute Gasteiger partial charge is 0.396 e. The van der Waals surface area contributed by atoms with E-state index < -0.39 is 0 Å². The fraction of sp³-hybridized carbons (Fsp3) is 0.286. The van der Waals surface area contributed by atoms with Gasteiger partial charge in [0.25, 0.3) is 0 Å². The van der Waals surface area contributed by atoms with E-state index in [0.29, 0.717) is 17.5 Å². The average Bonchev–Trinajstić information content (AvgIpc) is 2.37. The first-order chi connectivity index (χ1) is 8.67.